The van der Waals surface area contributed by atoms with E-state index in [0.29, 0.717) is 11.4 Å². The molecule has 0 spiro atoms. The number of nitrogens with zero attached hydrogens (tertiary/aromatic N) is 2. The van der Waals surface area contributed by atoms with Gasteiger partial charge in [-0.2, -0.15) is 0 Å². The van der Waals surface area contributed by atoms with Crippen molar-refractivity contribution in [2.45, 2.75) is 51.1 Å². The summed E-state index contributed by atoms with van der Waals surface area (Å²) in [4.78, 5) is 4.57. The van der Waals surface area contributed by atoms with Crippen LogP contribution in [-0.2, 0) is 6.54 Å². The SMILES string of the molecule is CCn1c(C2CCCC(N)C2)nc2c(F)cccc21. The second-order valence-electron chi connectivity index (χ2n) is 5.45. The van der Waals surface area contributed by atoms with Crippen LogP contribution in [0.4, 0.5) is 4.39 Å². The van der Waals surface area contributed by atoms with E-state index in [2.05, 4.69) is 16.5 Å². The van der Waals surface area contributed by atoms with Crippen LogP contribution in [0.2, 0.25) is 0 Å². The van der Waals surface area contributed by atoms with E-state index in [4.69, 9.17) is 5.73 Å². The number of hydrogen-bond donors (Lipinski definition) is 1. The monoisotopic (exact) mass is 261 g/mol. The van der Waals surface area contributed by atoms with E-state index in [1.807, 2.05) is 6.07 Å². The molecule has 4 heteroatoms. The van der Waals surface area contributed by atoms with E-state index < -0.39 is 0 Å². The minimum absolute atomic E-state index is 0.231. The van der Waals surface area contributed by atoms with E-state index in [0.717, 1.165) is 43.6 Å². The van der Waals surface area contributed by atoms with Crippen molar-refractivity contribution in [2.75, 3.05) is 0 Å². The maximum Gasteiger partial charge on any atom is 0.151 e. The van der Waals surface area contributed by atoms with E-state index in [1.165, 1.54) is 6.07 Å². The summed E-state index contributed by atoms with van der Waals surface area (Å²) in [6.07, 6.45) is 4.31. The first-order valence-electron chi connectivity index (χ1n) is 7.11. The molecule has 2 aromatic rings. The van der Waals surface area contributed by atoms with Gasteiger partial charge in [-0.3, -0.25) is 0 Å². The first kappa shape index (κ1) is 12.6. The third kappa shape index (κ3) is 2.14. The zero-order chi connectivity index (χ0) is 13.4. The number of para-hydroxylation sites is 1. The lowest BCUT2D eigenvalue weighted by molar-refractivity contribution is 0.375. The van der Waals surface area contributed by atoms with E-state index in [9.17, 15) is 4.39 Å². The molecule has 0 bridgehead atoms. The minimum Gasteiger partial charge on any atom is -0.328 e. The van der Waals surface area contributed by atoms with Gasteiger partial charge >= 0.3 is 0 Å². The Balaban J connectivity index is 2.10. The Labute approximate surface area is 112 Å². The summed E-state index contributed by atoms with van der Waals surface area (Å²) >= 11 is 0. The van der Waals surface area contributed by atoms with Crippen LogP contribution in [0.1, 0.15) is 44.3 Å². The van der Waals surface area contributed by atoms with Gasteiger partial charge in [0.2, 0.25) is 0 Å². The third-order valence-corrected chi connectivity index (χ3v) is 4.16. The summed E-state index contributed by atoms with van der Waals surface area (Å²) in [5.74, 6) is 1.15. The Hall–Kier alpha value is -1.42. The lowest BCUT2D eigenvalue weighted by Crippen LogP contribution is -2.28. The van der Waals surface area contributed by atoms with Crippen molar-refractivity contribution < 1.29 is 4.39 Å². The van der Waals surface area contributed by atoms with Gasteiger partial charge in [0.25, 0.3) is 0 Å². The topological polar surface area (TPSA) is 43.8 Å². The van der Waals surface area contributed by atoms with Gasteiger partial charge in [0, 0.05) is 18.5 Å². The highest BCUT2D eigenvalue weighted by Crippen LogP contribution is 2.33. The zero-order valence-electron chi connectivity index (χ0n) is 11.3. The first-order chi connectivity index (χ1) is 9.20. The van der Waals surface area contributed by atoms with Gasteiger partial charge in [-0.25, -0.2) is 9.37 Å². The Morgan fingerprint density at radius 3 is 3.00 bits per heavy atom. The number of imidazole rings is 1. The number of benzene rings is 1. The summed E-state index contributed by atoms with van der Waals surface area (Å²) in [6, 6.07) is 5.43. The summed E-state index contributed by atoms with van der Waals surface area (Å²) < 4.78 is 16.0. The fourth-order valence-corrected chi connectivity index (χ4v) is 3.24. The molecule has 1 fully saturated rings. The minimum atomic E-state index is -0.231. The molecule has 1 aromatic carbocycles. The molecule has 2 unspecified atom stereocenters. The normalized spacial score (nSPS) is 23.9. The summed E-state index contributed by atoms with van der Waals surface area (Å²) in [7, 11) is 0. The molecule has 1 aliphatic carbocycles. The van der Waals surface area contributed by atoms with Crippen LogP contribution < -0.4 is 5.73 Å². The number of rotatable bonds is 2. The maximum absolute atomic E-state index is 13.9. The molecule has 1 heterocycles. The van der Waals surface area contributed by atoms with Crippen LogP contribution in [0.25, 0.3) is 11.0 Å². The van der Waals surface area contributed by atoms with Crippen LogP contribution >= 0.6 is 0 Å². The van der Waals surface area contributed by atoms with E-state index in [-0.39, 0.29) is 11.9 Å². The van der Waals surface area contributed by atoms with Crippen molar-refractivity contribution in [1.29, 1.82) is 0 Å². The Morgan fingerprint density at radius 1 is 1.42 bits per heavy atom. The highest BCUT2D eigenvalue weighted by Gasteiger charge is 2.26. The van der Waals surface area contributed by atoms with Gasteiger partial charge in [-0.1, -0.05) is 12.5 Å². The number of hydrogen-bond acceptors (Lipinski definition) is 2. The molecule has 0 saturated heterocycles. The van der Waals surface area contributed by atoms with Crippen molar-refractivity contribution in [3.63, 3.8) is 0 Å². The summed E-state index contributed by atoms with van der Waals surface area (Å²) in [6.45, 7) is 2.90. The highest BCUT2D eigenvalue weighted by atomic mass is 19.1. The Bertz CT molecular complexity index is 590. The number of aromatic nitrogens is 2. The lowest BCUT2D eigenvalue weighted by Gasteiger charge is -2.26. The summed E-state index contributed by atoms with van der Waals surface area (Å²) in [5, 5.41) is 0. The van der Waals surface area contributed by atoms with Gasteiger partial charge < -0.3 is 10.3 Å². The Kier molecular flexibility index (Phi) is 3.27. The van der Waals surface area contributed by atoms with Gasteiger partial charge in [0.1, 0.15) is 11.3 Å². The number of aryl methyl sites for hydroxylation is 1. The highest BCUT2D eigenvalue weighted by molar-refractivity contribution is 5.76. The van der Waals surface area contributed by atoms with Crippen molar-refractivity contribution in [3.8, 4) is 0 Å². The molecule has 19 heavy (non-hydrogen) atoms. The molecule has 3 nitrogen and oxygen atoms in total. The fraction of sp³-hybridized carbons (Fsp3) is 0.533. The largest absolute Gasteiger partial charge is 0.328 e. The maximum atomic E-state index is 13.9. The molecule has 3 rings (SSSR count). The predicted octanol–water partition coefficient (Wildman–Crippen LogP) is 3.18. The van der Waals surface area contributed by atoms with E-state index in [1.54, 1.807) is 6.07 Å². The molecule has 0 amide bonds. The lowest BCUT2D eigenvalue weighted by atomic mass is 9.85. The van der Waals surface area contributed by atoms with E-state index >= 15 is 0 Å². The average Bonchev–Trinajstić information content (AvgIpc) is 2.79. The number of halogens is 1. The van der Waals surface area contributed by atoms with Crippen LogP contribution in [0, 0.1) is 5.82 Å². The molecular weight excluding hydrogens is 241 g/mol. The molecule has 0 radical (unpaired) electrons. The van der Waals surface area contributed by atoms with Gasteiger partial charge in [-0.05, 0) is 38.3 Å². The standard InChI is InChI=1S/C15H20FN3/c1-2-19-13-8-4-7-12(16)14(13)18-15(19)10-5-3-6-11(17)9-10/h4,7-8,10-11H,2-3,5-6,9,17H2,1H3. The third-order valence-electron chi connectivity index (χ3n) is 4.16. The second-order valence-corrected chi connectivity index (χ2v) is 5.45. The van der Waals surface area contributed by atoms with Gasteiger partial charge in [-0.15, -0.1) is 0 Å². The van der Waals surface area contributed by atoms with Crippen molar-refractivity contribution in [1.82, 2.24) is 9.55 Å². The van der Waals surface area contributed by atoms with Gasteiger partial charge in [0.05, 0.1) is 5.52 Å². The molecule has 1 aromatic heterocycles. The molecule has 2 N–H and O–H groups in total. The second kappa shape index (κ2) is 4.93. The first-order valence-corrected chi connectivity index (χ1v) is 7.11. The number of fused-ring (bicyclic) bond motifs is 1. The molecule has 0 aliphatic heterocycles. The van der Waals surface area contributed by atoms with Crippen LogP contribution in [0.5, 0.6) is 0 Å². The smallest absolute Gasteiger partial charge is 0.151 e. The predicted molar refractivity (Wildman–Crippen MR) is 74.5 cm³/mol. The number of nitrogens with two attached hydrogens (primary N) is 1. The van der Waals surface area contributed by atoms with Crippen molar-refractivity contribution in [2.24, 2.45) is 5.73 Å². The fourth-order valence-electron chi connectivity index (χ4n) is 3.24. The summed E-state index contributed by atoms with van der Waals surface area (Å²) in [5.41, 5.74) is 7.47. The molecule has 1 aliphatic rings. The zero-order valence-corrected chi connectivity index (χ0v) is 11.3. The molecule has 2 atom stereocenters. The quantitative estimate of drug-likeness (QED) is 0.902. The molecule has 1 saturated carbocycles. The van der Waals surface area contributed by atoms with Crippen molar-refractivity contribution >= 4 is 11.0 Å². The van der Waals surface area contributed by atoms with Crippen LogP contribution in [0.15, 0.2) is 18.2 Å². The average molecular weight is 261 g/mol. The molecular formula is C15H20FN3. The van der Waals surface area contributed by atoms with Gasteiger partial charge in [0.15, 0.2) is 5.82 Å². The molecule has 102 valence electrons. The van der Waals surface area contributed by atoms with Crippen molar-refractivity contribution in [3.05, 3.63) is 29.8 Å². The van der Waals surface area contributed by atoms with Crippen LogP contribution in [-0.4, -0.2) is 15.6 Å². The Morgan fingerprint density at radius 2 is 2.26 bits per heavy atom. The van der Waals surface area contributed by atoms with Crippen LogP contribution in [0.3, 0.4) is 0 Å².